The first-order valence-electron chi connectivity index (χ1n) is 2.63. The zero-order valence-corrected chi connectivity index (χ0v) is 4.55. The summed E-state index contributed by atoms with van der Waals surface area (Å²) in [4.78, 5) is 0. The molecule has 0 unspecified atom stereocenters. The summed E-state index contributed by atoms with van der Waals surface area (Å²) in [6, 6.07) is 0. The van der Waals surface area contributed by atoms with Crippen molar-refractivity contribution >= 4 is 0 Å². The minimum Gasteiger partial charge on any atom is -0.314 e. The Hall–Kier alpha value is -0.190. The quantitative estimate of drug-likeness (QED) is 0.451. The fourth-order valence-corrected chi connectivity index (χ4v) is 0.671. The van der Waals surface area contributed by atoms with Crippen LogP contribution in [0, 0.1) is 0 Å². The van der Waals surface area contributed by atoms with Gasteiger partial charge >= 0.3 is 0 Å². The van der Waals surface area contributed by atoms with Crippen molar-refractivity contribution in [3.05, 3.63) is 0 Å². The van der Waals surface area contributed by atoms with E-state index in [-0.39, 0.29) is 0 Å². The van der Waals surface area contributed by atoms with Gasteiger partial charge in [0, 0.05) is 26.2 Å². The molecule has 0 spiro atoms. The summed E-state index contributed by atoms with van der Waals surface area (Å²) in [6.45, 7) is 1.46. The van der Waals surface area contributed by atoms with Gasteiger partial charge in [0.05, 0.1) is 0 Å². The Balaban J connectivity index is 2.19. The molecule has 1 fully saturated rings. The molecular formula is C4H9FN2O. The standard InChI is InChI=1S/C4H9FN2O/c5-6-1-3-7(8)4-2-6/h8H,1-4H2. The first-order valence-corrected chi connectivity index (χ1v) is 2.63. The molecule has 0 radical (unpaired) electrons. The van der Waals surface area contributed by atoms with E-state index in [4.69, 9.17) is 5.21 Å². The minimum absolute atomic E-state index is 0.316. The molecule has 8 heavy (non-hydrogen) atoms. The van der Waals surface area contributed by atoms with Gasteiger partial charge in [0.2, 0.25) is 0 Å². The predicted octanol–water partition coefficient (Wildman–Crippen LogP) is -0.122. The minimum atomic E-state index is 0.316. The Morgan fingerprint density at radius 3 is 2.00 bits per heavy atom. The van der Waals surface area contributed by atoms with E-state index in [1.807, 2.05) is 0 Å². The van der Waals surface area contributed by atoms with Crippen molar-refractivity contribution in [3.8, 4) is 0 Å². The van der Waals surface area contributed by atoms with Gasteiger partial charge in [-0.25, -0.2) is 0 Å². The second-order valence-corrected chi connectivity index (χ2v) is 1.86. The summed E-state index contributed by atoms with van der Waals surface area (Å²) in [5, 5.41) is 10.5. The van der Waals surface area contributed by atoms with Crippen LogP contribution in [0.3, 0.4) is 0 Å². The predicted molar refractivity (Wildman–Crippen MR) is 26.0 cm³/mol. The average Bonchev–Trinajstić information content (AvgIpc) is 1.77. The van der Waals surface area contributed by atoms with Crippen molar-refractivity contribution in [2.75, 3.05) is 26.2 Å². The van der Waals surface area contributed by atoms with Crippen molar-refractivity contribution in [2.24, 2.45) is 0 Å². The maximum atomic E-state index is 12.1. The van der Waals surface area contributed by atoms with E-state index in [1.165, 1.54) is 0 Å². The van der Waals surface area contributed by atoms with Crippen molar-refractivity contribution < 1.29 is 9.69 Å². The lowest BCUT2D eigenvalue weighted by molar-refractivity contribution is -0.148. The highest BCUT2D eigenvalue weighted by Crippen LogP contribution is 1.96. The maximum Gasteiger partial charge on any atom is 0.0442 e. The zero-order chi connectivity index (χ0) is 5.98. The second-order valence-electron chi connectivity index (χ2n) is 1.86. The van der Waals surface area contributed by atoms with Crippen molar-refractivity contribution in [1.82, 2.24) is 10.2 Å². The van der Waals surface area contributed by atoms with Crippen LogP contribution in [-0.2, 0) is 0 Å². The van der Waals surface area contributed by atoms with E-state index >= 15 is 0 Å². The highest BCUT2D eigenvalue weighted by molar-refractivity contribution is 4.57. The molecule has 1 aliphatic heterocycles. The fourth-order valence-electron chi connectivity index (χ4n) is 0.671. The fraction of sp³-hybridized carbons (Fsp3) is 1.00. The van der Waals surface area contributed by atoms with E-state index in [1.54, 1.807) is 0 Å². The van der Waals surface area contributed by atoms with Gasteiger partial charge in [-0.3, -0.25) is 0 Å². The molecule has 4 heteroatoms. The number of hydrogen-bond acceptors (Lipinski definition) is 3. The van der Waals surface area contributed by atoms with Crippen molar-refractivity contribution in [2.45, 2.75) is 0 Å². The van der Waals surface area contributed by atoms with Gasteiger partial charge in [-0.2, -0.15) is 5.06 Å². The van der Waals surface area contributed by atoms with Gasteiger partial charge in [-0.1, -0.05) is 0 Å². The maximum absolute atomic E-state index is 12.1. The third-order valence-corrected chi connectivity index (χ3v) is 1.20. The van der Waals surface area contributed by atoms with Crippen LogP contribution in [0.4, 0.5) is 4.48 Å². The number of halogens is 1. The summed E-state index contributed by atoms with van der Waals surface area (Å²) in [7, 11) is 0. The molecule has 1 rings (SSSR count). The van der Waals surface area contributed by atoms with E-state index in [9.17, 15) is 4.48 Å². The molecule has 1 saturated heterocycles. The molecule has 0 aromatic carbocycles. The molecular weight excluding hydrogens is 111 g/mol. The zero-order valence-electron chi connectivity index (χ0n) is 4.55. The topological polar surface area (TPSA) is 26.7 Å². The average molecular weight is 120 g/mol. The molecule has 1 aliphatic rings. The molecule has 3 nitrogen and oxygen atoms in total. The third kappa shape index (κ3) is 1.40. The largest absolute Gasteiger partial charge is 0.314 e. The smallest absolute Gasteiger partial charge is 0.0442 e. The molecule has 1 N–H and O–H groups in total. The lowest BCUT2D eigenvalue weighted by Crippen LogP contribution is -2.40. The van der Waals surface area contributed by atoms with Crippen LogP contribution in [0.2, 0.25) is 0 Å². The van der Waals surface area contributed by atoms with E-state index in [2.05, 4.69) is 0 Å². The number of hydroxylamine groups is 2. The molecule has 1 heterocycles. The van der Waals surface area contributed by atoms with Crippen LogP contribution >= 0.6 is 0 Å². The molecule has 48 valence electrons. The highest BCUT2D eigenvalue weighted by Gasteiger charge is 2.12. The molecule has 0 aromatic heterocycles. The number of piperazine rings is 1. The van der Waals surface area contributed by atoms with Gasteiger partial charge in [0.25, 0.3) is 0 Å². The van der Waals surface area contributed by atoms with Crippen LogP contribution < -0.4 is 0 Å². The summed E-state index contributed by atoms with van der Waals surface area (Å²) in [6.07, 6.45) is 0. The molecule has 0 bridgehead atoms. The Kier molecular flexibility index (Phi) is 1.77. The van der Waals surface area contributed by atoms with Gasteiger partial charge < -0.3 is 5.21 Å². The van der Waals surface area contributed by atoms with E-state index in [0.29, 0.717) is 31.3 Å². The van der Waals surface area contributed by atoms with Crippen LogP contribution in [0.15, 0.2) is 0 Å². The van der Waals surface area contributed by atoms with Crippen LogP contribution in [0.25, 0.3) is 0 Å². The van der Waals surface area contributed by atoms with Gasteiger partial charge in [-0.15, -0.1) is 9.60 Å². The SMILES string of the molecule is ON1CCN(F)CC1. The van der Waals surface area contributed by atoms with E-state index < -0.39 is 0 Å². The molecule has 0 saturated carbocycles. The van der Waals surface area contributed by atoms with E-state index in [0.717, 1.165) is 5.06 Å². The molecule has 0 aliphatic carbocycles. The molecule has 0 atom stereocenters. The van der Waals surface area contributed by atoms with Crippen LogP contribution in [0.1, 0.15) is 0 Å². The first kappa shape index (κ1) is 5.94. The van der Waals surface area contributed by atoms with Crippen LogP contribution in [-0.4, -0.2) is 41.6 Å². The number of rotatable bonds is 0. The van der Waals surface area contributed by atoms with Crippen molar-refractivity contribution in [3.63, 3.8) is 0 Å². The Bertz CT molecular complexity index is 62.4. The van der Waals surface area contributed by atoms with Gasteiger partial charge in [0.1, 0.15) is 0 Å². The molecule has 0 aromatic rings. The molecule has 0 amide bonds. The van der Waals surface area contributed by atoms with Crippen LogP contribution in [0.5, 0.6) is 0 Å². The Morgan fingerprint density at radius 2 is 1.62 bits per heavy atom. The number of nitrogens with zero attached hydrogens (tertiary/aromatic N) is 2. The van der Waals surface area contributed by atoms with Gasteiger partial charge in [-0.05, 0) is 0 Å². The summed E-state index contributed by atoms with van der Waals surface area (Å²) in [5.41, 5.74) is 0. The third-order valence-electron chi connectivity index (χ3n) is 1.20. The summed E-state index contributed by atoms with van der Waals surface area (Å²) in [5.74, 6) is 0. The first-order chi connectivity index (χ1) is 3.79. The normalized spacial score (nSPS) is 26.2. The highest BCUT2D eigenvalue weighted by atomic mass is 19.2. The Labute approximate surface area is 47.2 Å². The monoisotopic (exact) mass is 120 g/mol. The summed E-state index contributed by atoms with van der Waals surface area (Å²) < 4.78 is 12.1. The lowest BCUT2D eigenvalue weighted by atomic mass is 10.4. The van der Waals surface area contributed by atoms with Crippen molar-refractivity contribution in [1.29, 1.82) is 0 Å². The lowest BCUT2D eigenvalue weighted by Gasteiger charge is -2.23. The number of hydrogen-bond donors (Lipinski definition) is 1. The Morgan fingerprint density at radius 1 is 1.12 bits per heavy atom. The second kappa shape index (κ2) is 2.39. The summed E-state index contributed by atoms with van der Waals surface area (Å²) >= 11 is 0. The van der Waals surface area contributed by atoms with Gasteiger partial charge in [0.15, 0.2) is 0 Å².